The molecule has 102 valence electrons. The number of rotatable bonds is 5. The van der Waals surface area contributed by atoms with Crippen LogP contribution in [0.5, 0.6) is 0 Å². The number of benzene rings is 1. The van der Waals surface area contributed by atoms with E-state index in [1.807, 2.05) is 18.2 Å². The van der Waals surface area contributed by atoms with E-state index in [-0.39, 0.29) is 6.04 Å². The van der Waals surface area contributed by atoms with Gasteiger partial charge in [0.1, 0.15) is 0 Å². The van der Waals surface area contributed by atoms with Crippen LogP contribution in [-0.2, 0) is 6.42 Å². The van der Waals surface area contributed by atoms with Gasteiger partial charge >= 0.3 is 0 Å². The minimum absolute atomic E-state index is 0.127. The third kappa shape index (κ3) is 3.72. The highest BCUT2D eigenvalue weighted by atomic mass is 35.5. The molecule has 1 aromatic carbocycles. The summed E-state index contributed by atoms with van der Waals surface area (Å²) >= 11 is 7.65. The zero-order valence-corrected chi connectivity index (χ0v) is 12.5. The van der Waals surface area contributed by atoms with Crippen LogP contribution in [0.4, 0.5) is 0 Å². The van der Waals surface area contributed by atoms with Gasteiger partial charge in [0.15, 0.2) is 0 Å². The second kappa shape index (κ2) is 6.41. The second-order valence-electron chi connectivity index (χ2n) is 4.29. The molecule has 0 amide bonds. The van der Waals surface area contributed by atoms with Crippen LogP contribution in [0.25, 0.3) is 0 Å². The molecule has 1 atom stereocenters. The number of hydrogen-bond acceptors (Lipinski definition) is 5. The summed E-state index contributed by atoms with van der Waals surface area (Å²) in [6.45, 7) is 3.83. The minimum Gasteiger partial charge on any atom is -0.416 e. The molecule has 0 spiro atoms. The van der Waals surface area contributed by atoms with Crippen LogP contribution in [-0.4, -0.2) is 16.2 Å². The van der Waals surface area contributed by atoms with Gasteiger partial charge in [0.25, 0.3) is 5.22 Å². The first-order valence-corrected chi connectivity index (χ1v) is 7.30. The normalized spacial score (nSPS) is 12.6. The molecule has 0 bridgehead atoms. The Labute approximate surface area is 121 Å². The maximum atomic E-state index is 6.26. The first-order valence-electron chi connectivity index (χ1n) is 6.11. The molecular formula is C13H16ClN3OS. The van der Waals surface area contributed by atoms with Crippen molar-refractivity contribution in [3.05, 3.63) is 34.7 Å². The van der Waals surface area contributed by atoms with Gasteiger partial charge < -0.3 is 10.2 Å². The number of aromatic nitrogens is 2. The maximum Gasteiger partial charge on any atom is 0.281 e. The fourth-order valence-electron chi connectivity index (χ4n) is 1.66. The highest BCUT2D eigenvalue weighted by Crippen LogP contribution is 2.35. The maximum absolute atomic E-state index is 6.26. The predicted octanol–water partition coefficient (Wildman–Crippen LogP) is 3.46. The predicted molar refractivity (Wildman–Crippen MR) is 76.6 cm³/mol. The number of halogens is 1. The van der Waals surface area contributed by atoms with Crippen molar-refractivity contribution in [3.63, 3.8) is 0 Å². The molecule has 0 radical (unpaired) electrons. The highest BCUT2D eigenvalue weighted by molar-refractivity contribution is 7.99. The molecule has 6 heteroatoms. The van der Waals surface area contributed by atoms with Crippen molar-refractivity contribution in [3.8, 4) is 0 Å². The summed E-state index contributed by atoms with van der Waals surface area (Å²) in [5.41, 5.74) is 7.13. The summed E-state index contributed by atoms with van der Waals surface area (Å²) in [6.07, 6.45) is 1.71. The lowest BCUT2D eigenvalue weighted by Crippen LogP contribution is -2.21. The number of aryl methyl sites for hydroxylation is 1. The van der Waals surface area contributed by atoms with Crippen LogP contribution >= 0.6 is 23.4 Å². The van der Waals surface area contributed by atoms with Gasteiger partial charge in [0, 0.05) is 17.9 Å². The summed E-state index contributed by atoms with van der Waals surface area (Å²) in [5, 5.41) is 8.97. The Morgan fingerprint density at radius 2 is 2.21 bits per heavy atom. The van der Waals surface area contributed by atoms with Crippen molar-refractivity contribution in [1.82, 2.24) is 10.2 Å². The SMILES string of the molecule is CCC(N)Cc1cccc(Cl)c1Sc1nnc(C)o1. The number of nitrogens with two attached hydrogens (primary N) is 1. The zero-order valence-electron chi connectivity index (χ0n) is 10.9. The number of nitrogens with zero attached hydrogens (tertiary/aromatic N) is 2. The Morgan fingerprint density at radius 3 is 2.84 bits per heavy atom. The average Bonchev–Trinajstić information content (AvgIpc) is 2.79. The Bertz CT molecular complexity index is 559. The molecule has 1 aromatic heterocycles. The molecular weight excluding hydrogens is 282 g/mol. The van der Waals surface area contributed by atoms with Gasteiger partial charge in [-0.1, -0.05) is 30.7 Å². The van der Waals surface area contributed by atoms with E-state index < -0.39 is 0 Å². The van der Waals surface area contributed by atoms with Gasteiger partial charge in [-0.05, 0) is 36.2 Å². The van der Waals surface area contributed by atoms with Crippen molar-refractivity contribution in [1.29, 1.82) is 0 Å². The smallest absolute Gasteiger partial charge is 0.281 e. The van der Waals surface area contributed by atoms with E-state index in [9.17, 15) is 0 Å². The summed E-state index contributed by atoms with van der Waals surface area (Å²) in [5.74, 6) is 0.543. The van der Waals surface area contributed by atoms with Crippen LogP contribution in [0.2, 0.25) is 5.02 Å². The molecule has 0 fully saturated rings. The second-order valence-corrected chi connectivity index (χ2v) is 5.66. The van der Waals surface area contributed by atoms with E-state index in [2.05, 4.69) is 17.1 Å². The fourth-order valence-corrected chi connectivity index (χ4v) is 2.84. The van der Waals surface area contributed by atoms with Gasteiger partial charge in [0.2, 0.25) is 5.89 Å². The van der Waals surface area contributed by atoms with E-state index >= 15 is 0 Å². The van der Waals surface area contributed by atoms with Crippen molar-refractivity contribution >= 4 is 23.4 Å². The summed E-state index contributed by atoms with van der Waals surface area (Å²) in [7, 11) is 0. The topological polar surface area (TPSA) is 64.9 Å². The van der Waals surface area contributed by atoms with Crippen LogP contribution in [0.15, 0.2) is 32.7 Å². The van der Waals surface area contributed by atoms with Crippen LogP contribution < -0.4 is 5.73 Å². The van der Waals surface area contributed by atoms with Gasteiger partial charge in [-0.25, -0.2) is 0 Å². The minimum atomic E-state index is 0.127. The third-order valence-corrected chi connectivity index (χ3v) is 4.20. The Kier molecular flexibility index (Phi) is 4.85. The molecule has 0 saturated heterocycles. The van der Waals surface area contributed by atoms with Crippen molar-refractivity contribution in [2.75, 3.05) is 0 Å². The monoisotopic (exact) mass is 297 g/mol. The zero-order chi connectivity index (χ0) is 13.8. The van der Waals surface area contributed by atoms with E-state index in [4.69, 9.17) is 21.8 Å². The average molecular weight is 298 g/mol. The molecule has 19 heavy (non-hydrogen) atoms. The van der Waals surface area contributed by atoms with Gasteiger partial charge in [-0.3, -0.25) is 0 Å². The fraction of sp³-hybridized carbons (Fsp3) is 0.385. The highest BCUT2D eigenvalue weighted by Gasteiger charge is 2.14. The van der Waals surface area contributed by atoms with E-state index in [1.54, 1.807) is 6.92 Å². The van der Waals surface area contributed by atoms with Crippen molar-refractivity contribution in [2.45, 2.75) is 42.8 Å². The summed E-state index contributed by atoms with van der Waals surface area (Å²) < 4.78 is 5.38. The lowest BCUT2D eigenvalue weighted by molar-refractivity contribution is 0.429. The molecule has 1 heterocycles. The number of hydrogen-bond donors (Lipinski definition) is 1. The molecule has 2 aromatic rings. The van der Waals surface area contributed by atoms with E-state index in [1.165, 1.54) is 11.8 Å². The Morgan fingerprint density at radius 1 is 1.42 bits per heavy atom. The van der Waals surface area contributed by atoms with Crippen LogP contribution in [0, 0.1) is 6.92 Å². The summed E-state index contributed by atoms with van der Waals surface area (Å²) in [6, 6.07) is 5.95. The third-order valence-electron chi connectivity index (χ3n) is 2.75. The van der Waals surface area contributed by atoms with Crippen LogP contribution in [0.3, 0.4) is 0 Å². The standard InChI is InChI=1S/C13H16ClN3OS/c1-3-10(15)7-9-5-4-6-11(14)12(9)19-13-17-16-8(2)18-13/h4-6,10H,3,7,15H2,1-2H3. The van der Waals surface area contributed by atoms with Crippen LogP contribution in [0.1, 0.15) is 24.8 Å². The van der Waals surface area contributed by atoms with Gasteiger partial charge in [-0.2, -0.15) is 0 Å². The molecule has 2 N–H and O–H groups in total. The molecule has 1 unspecified atom stereocenters. The Hall–Kier alpha value is -1.04. The lowest BCUT2D eigenvalue weighted by atomic mass is 10.0. The molecule has 0 aliphatic rings. The first-order chi connectivity index (χ1) is 9.10. The van der Waals surface area contributed by atoms with Crippen molar-refractivity contribution in [2.24, 2.45) is 5.73 Å². The lowest BCUT2D eigenvalue weighted by Gasteiger charge is -2.13. The first kappa shape index (κ1) is 14.4. The largest absolute Gasteiger partial charge is 0.416 e. The molecule has 0 aliphatic heterocycles. The van der Waals surface area contributed by atoms with E-state index in [0.29, 0.717) is 16.1 Å². The van der Waals surface area contributed by atoms with Crippen molar-refractivity contribution < 1.29 is 4.42 Å². The Balaban J connectivity index is 2.27. The summed E-state index contributed by atoms with van der Waals surface area (Å²) in [4.78, 5) is 0.941. The molecule has 2 rings (SSSR count). The quantitative estimate of drug-likeness (QED) is 0.915. The van der Waals surface area contributed by atoms with Gasteiger partial charge in [0.05, 0.1) is 5.02 Å². The molecule has 0 aliphatic carbocycles. The van der Waals surface area contributed by atoms with E-state index in [0.717, 1.165) is 23.3 Å². The van der Waals surface area contributed by atoms with Gasteiger partial charge in [-0.15, -0.1) is 10.2 Å². The molecule has 0 saturated carbocycles. The molecule has 4 nitrogen and oxygen atoms in total.